The van der Waals surface area contributed by atoms with Gasteiger partial charge in [0, 0.05) is 12.0 Å². The van der Waals surface area contributed by atoms with Gasteiger partial charge in [-0.15, -0.1) is 0 Å². The maximum absolute atomic E-state index is 13.6. The third-order valence-corrected chi connectivity index (χ3v) is 3.23. The van der Waals surface area contributed by atoms with Crippen molar-refractivity contribution < 1.29 is 13.3 Å². The van der Waals surface area contributed by atoms with Gasteiger partial charge in [-0.2, -0.15) is 4.98 Å². The highest BCUT2D eigenvalue weighted by molar-refractivity contribution is 5.61. The van der Waals surface area contributed by atoms with E-state index in [4.69, 9.17) is 10.3 Å². The molecule has 0 amide bonds. The minimum Gasteiger partial charge on any atom is -0.396 e. The third kappa shape index (κ3) is 1.73. The van der Waals surface area contributed by atoms with E-state index >= 15 is 0 Å². The molecule has 1 aromatic carbocycles. The van der Waals surface area contributed by atoms with Crippen LogP contribution in [0.25, 0.3) is 11.5 Å². The van der Waals surface area contributed by atoms with E-state index in [1.807, 2.05) is 0 Å². The fraction of sp³-hybridized carbons (Fsp3) is 0.333. The molecule has 0 aliphatic heterocycles. The van der Waals surface area contributed by atoms with Crippen LogP contribution in [0.1, 0.15) is 31.0 Å². The van der Waals surface area contributed by atoms with E-state index < -0.39 is 11.6 Å². The minimum atomic E-state index is -0.796. The number of hydrogen-bond donors (Lipinski definition) is 1. The highest BCUT2D eigenvalue weighted by Gasteiger charge is 2.25. The minimum absolute atomic E-state index is 0.0342. The molecule has 0 bridgehead atoms. The quantitative estimate of drug-likeness (QED) is 0.833. The number of hydrogen-bond acceptors (Lipinski definition) is 4. The molecule has 0 atom stereocenters. The van der Waals surface area contributed by atoms with Crippen LogP contribution >= 0.6 is 0 Å². The fourth-order valence-corrected chi connectivity index (χ4v) is 1.91. The van der Waals surface area contributed by atoms with Gasteiger partial charge in [-0.3, -0.25) is 0 Å². The lowest BCUT2D eigenvalue weighted by Gasteiger charge is -2.20. The maximum atomic E-state index is 13.6. The van der Waals surface area contributed by atoms with Gasteiger partial charge in [-0.1, -0.05) is 11.6 Å². The average molecular weight is 251 g/mol. The first kappa shape index (κ1) is 11.1. The van der Waals surface area contributed by atoms with Gasteiger partial charge in [0.2, 0.25) is 0 Å². The molecule has 4 nitrogen and oxygen atoms in total. The normalized spacial score (nSPS) is 15.7. The molecule has 3 rings (SSSR count). The van der Waals surface area contributed by atoms with Crippen LogP contribution in [0.2, 0.25) is 0 Å². The molecule has 6 heteroatoms. The summed E-state index contributed by atoms with van der Waals surface area (Å²) in [4.78, 5) is 4.14. The van der Waals surface area contributed by atoms with E-state index in [2.05, 4.69) is 10.1 Å². The number of rotatable bonds is 2. The van der Waals surface area contributed by atoms with Crippen molar-refractivity contribution in [1.29, 1.82) is 0 Å². The molecule has 0 radical (unpaired) electrons. The van der Waals surface area contributed by atoms with Crippen molar-refractivity contribution in [3.63, 3.8) is 0 Å². The van der Waals surface area contributed by atoms with E-state index in [1.54, 1.807) is 0 Å². The Morgan fingerprint density at radius 3 is 2.67 bits per heavy atom. The standard InChI is InChI=1S/C12H11F2N3O/c13-8-5-9(14)10(15)4-7(8)12-16-11(17-18-12)6-2-1-3-6/h4-6H,1-3,15H2. The lowest BCUT2D eigenvalue weighted by Crippen LogP contribution is -2.10. The Balaban J connectivity index is 1.98. The third-order valence-electron chi connectivity index (χ3n) is 3.23. The van der Waals surface area contributed by atoms with Crippen molar-refractivity contribution in [3.8, 4) is 11.5 Å². The summed E-state index contributed by atoms with van der Waals surface area (Å²) in [5.74, 6) is -0.636. The SMILES string of the molecule is Nc1cc(-c2nc(C3CCC3)no2)c(F)cc1F. The molecule has 18 heavy (non-hydrogen) atoms. The molecule has 1 aliphatic rings. The van der Waals surface area contributed by atoms with Gasteiger partial charge >= 0.3 is 0 Å². The number of aromatic nitrogens is 2. The predicted molar refractivity (Wildman–Crippen MR) is 60.7 cm³/mol. The second-order valence-electron chi connectivity index (χ2n) is 4.44. The number of halogens is 2. The van der Waals surface area contributed by atoms with E-state index in [0.29, 0.717) is 11.7 Å². The fourth-order valence-electron chi connectivity index (χ4n) is 1.91. The average Bonchev–Trinajstić information content (AvgIpc) is 2.70. The first-order valence-electron chi connectivity index (χ1n) is 5.73. The van der Waals surface area contributed by atoms with E-state index in [9.17, 15) is 8.78 Å². The summed E-state index contributed by atoms with van der Waals surface area (Å²) in [5.41, 5.74) is 5.29. The Bertz CT molecular complexity index is 593. The second-order valence-corrected chi connectivity index (χ2v) is 4.44. The molecule has 2 N–H and O–H groups in total. The molecule has 0 saturated heterocycles. The van der Waals surface area contributed by atoms with Gasteiger partial charge in [0.15, 0.2) is 5.82 Å². The zero-order valence-corrected chi connectivity index (χ0v) is 9.49. The molecule has 94 valence electrons. The lowest BCUT2D eigenvalue weighted by molar-refractivity contribution is 0.365. The molecule has 1 heterocycles. The van der Waals surface area contributed by atoms with Crippen molar-refractivity contribution >= 4 is 5.69 Å². The molecular weight excluding hydrogens is 240 g/mol. The van der Waals surface area contributed by atoms with Crippen LogP contribution in [0, 0.1) is 11.6 Å². The summed E-state index contributed by atoms with van der Waals surface area (Å²) >= 11 is 0. The summed E-state index contributed by atoms with van der Waals surface area (Å²) < 4.78 is 31.6. The van der Waals surface area contributed by atoms with Gasteiger partial charge < -0.3 is 10.3 Å². The Labute approximate surface area is 102 Å². The second kappa shape index (κ2) is 4.04. The number of anilines is 1. The van der Waals surface area contributed by atoms with Crippen molar-refractivity contribution in [3.05, 3.63) is 29.6 Å². The number of benzene rings is 1. The van der Waals surface area contributed by atoms with Gasteiger partial charge in [-0.25, -0.2) is 8.78 Å². The largest absolute Gasteiger partial charge is 0.396 e. The Morgan fingerprint density at radius 1 is 1.22 bits per heavy atom. The van der Waals surface area contributed by atoms with E-state index in [1.165, 1.54) is 6.07 Å². The monoisotopic (exact) mass is 251 g/mol. The highest BCUT2D eigenvalue weighted by atomic mass is 19.1. The van der Waals surface area contributed by atoms with Crippen LogP contribution in [0.4, 0.5) is 14.5 Å². The van der Waals surface area contributed by atoms with Crippen LogP contribution < -0.4 is 5.73 Å². The Morgan fingerprint density at radius 2 is 2.00 bits per heavy atom. The zero-order valence-electron chi connectivity index (χ0n) is 9.49. The van der Waals surface area contributed by atoms with Crippen molar-refractivity contribution in [2.75, 3.05) is 5.73 Å². The number of nitrogen functional groups attached to an aromatic ring is 1. The molecule has 1 aliphatic carbocycles. The summed E-state index contributed by atoms with van der Waals surface area (Å²) in [6.45, 7) is 0. The van der Waals surface area contributed by atoms with E-state index in [-0.39, 0.29) is 17.1 Å². The molecule has 1 saturated carbocycles. The molecule has 0 unspecified atom stereocenters. The maximum Gasteiger partial charge on any atom is 0.260 e. The highest BCUT2D eigenvalue weighted by Crippen LogP contribution is 2.35. The van der Waals surface area contributed by atoms with Crippen LogP contribution in [0.5, 0.6) is 0 Å². The zero-order chi connectivity index (χ0) is 12.7. The van der Waals surface area contributed by atoms with E-state index in [0.717, 1.165) is 25.3 Å². The number of nitrogens with two attached hydrogens (primary N) is 1. The number of nitrogens with zero attached hydrogens (tertiary/aromatic N) is 2. The van der Waals surface area contributed by atoms with Crippen LogP contribution in [0.15, 0.2) is 16.7 Å². The molecule has 1 fully saturated rings. The topological polar surface area (TPSA) is 64.9 Å². The summed E-state index contributed by atoms with van der Waals surface area (Å²) in [6.07, 6.45) is 3.19. The van der Waals surface area contributed by atoms with Crippen molar-refractivity contribution in [2.45, 2.75) is 25.2 Å². The van der Waals surface area contributed by atoms with Crippen LogP contribution in [-0.2, 0) is 0 Å². The van der Waals surface area contributed by atoms with Crippen LogP contribution in [-0.4, -0.2) is 10.1 Å². The Kier molecular flexibility index (Phi) is 2.50. The molecule has 2 aromatic rings. The summed E-state index contributed by atoms with van der Waals surface area (Å²) in [7, 11) is 0. The molecule has 1 aromatic heterocycles. The van der Waals surface area contributed by atoms with Gasteiger partial charge in [0.1, 0.15) is 11.6 Å². The Hall–Kier alpha value is -1.98. The molecular formula is C12H11F2N3O. The van der Waals surface area contributed by atoms with Gasteiger partial charge in [0.25, 0.3) is 5.89 Å². The summed E-state index contributed by atoms with van der Waals surface area (Å²) in [5, 5.41) is 3.82. The van der Waals surface area contributed by atoms with Gasteiger partial charge in [0.05, 0.1) is 11.3 Å². The lowest BCUT2D eigenvalue weighted by atomic mass is 9.85. The predicted octanol–water partition coefficient (Wildman–Crippen LogP) is 2.86. The smallest absolute Gasteiger partial charge is 0.260 e. The first-order chi connectivity index (χ1) is 8.65. The van der Waals surface area contributed by atoms with Crippen molar-refractivity contribution in [1.82, 2.24) is 10.1 Å². The van der Waals surface area contributed by atoms with Crippen LogP contribution in [0.3, 0.4) is 0 Å². The summed E-state index contributed by atoms with van der Waals surface area (Å²) in [6, 6.07) is 1.89. The van der Waals surface area contributed by atoms with Gasteiger partial charge in [-0.05, 0) is 18.9 Å². The molecule has 0 spiro atoms. The first-order valence-corrected chi connectivity index (χ1v) is 5.73. The van der Waals surface area contributed by atoms with Crippen molar-refractivity contribution in [2.24, 2.45) is 0 Å².